The zero-order valence-corrected chi connectivity index (χ0v) is 21.2. The monoisotopic (exact) mass is 508 g/mol. The number of para-hydroxylation sites is 2. The van der Waals surface area contributed by atoms with E-state index in [1.165, 1.54) is 0 Å². The minimum Gasteiger partial charge on any atom is -0.454 e. The van der Waals surface area contributed by atoms with E-state index in [9.17, 15) is 0 Å². The maximum Gasteiger partial charge on any atom is 0.171 e. The van der Waals surface area contributed by atoms with E-state index < -0.39 is 7.14 Å². The molecule has 3 heterocycles. The van der Waals surface area contributed by atoms with Crippen LogP contribution < -0.4 is 15.9 Å². The molecule has 0 aliphatic carbocycles. The molecular formula is C33H21N2O2P. The van der Waals surface area contributed by atoms with E-state index in [4.69, 9.17) is 9.40 Å². The van der Waals surface area contributed by atoms with E-state index in [2.05, 4.69) is 28.7 Å². The molecule has 8 rings (SSSR count). The third-order valence-corrected chi connectivity index (χ3v) is 10.5. The van der Waals surface area contributed by atoms with Crippen LogP contribution in [0, 0.1) is 0 Å². The van der Waals surface area contributed by atoms with Gasteiger partial charge in [-0.15, -0.1) is 0 Å². The summed E-state index contributed by atoms with van der Waals surface area (Å²) in [5.74, 6) is 0. The molecule has 180 valence electrons. The second kappa shape index (κ2) is 7.92. The maximum atomic E-state index is 15.1. The molecule has 0 saturated heterocycles. The Hall–Kier alpha value is -4.66. The summed E-state index contributed by atoms with van der Waals surface area (Å²) in [6.45, 7) is 0. The lowest BCUT2D eigenvalue weighted by Gasteiger charge is -2.20. The lowest BCUT2D eigenvalue weighted by atomic mass is 10.1. The molecule has 0 fully saturated rings. The molecule has 0 radical (unpaired) electrons. The van der Waals surface area contributed by atoms with Crippen LogP contribution in [0.2, 0.25) is 0 Å². The van der Waals surface area contributed by atoms with Crippen LogP contribution in [0.4, 0.5) is 0 Å². The van der Waals surface area contributed by atoms with Crippen LogP contribution in [0.1, 0.15) is 0 Å². The average molecular weight is 509 g/mol. The van der Waals surface area contributed by atoms with Crippen molar-refractivity contribution in [2.24, 2.45) is 0 Å². The van der Waals surface area contributed by atoms with Crippen LogP contribution in [0.5, 0.6) is 0 Å². The van der Waals surface area contributed by atoms with Crippen LogP contribution in [-0.2, 0) is 4.57 Å². The minimum absolute atomic E-state index is 0.756. The second-order valence-electron chi connectivity index (χ2n) is 9.55. The highest BCUT2D eigenvalue weighted by Gasteiger charge is 2.30. The number of benzene rings is 5. The van der Waals surface area contributed by atoms with E-state index in [1.54, 1.807) is 0 Å². The highest BCUT2D eigenvalue weighted by molar-refractivity contribution is 7.85. The Morgan fingerprint density at radius 2 is 1.24 bits per heavy atom. The number of hydrogen-bond acceptors (Lipinski definition) is 3. The summed E-state index contributed by atoms with van der Waals surface area (Å²) in [6, 6.07) is 41.9. The summed E-state index contributed by atoms with van der Waals surface area (Å²) in [6.07, 6.45) is 0. The van der Waals surface area contributed by atoms with Crippen molar-refractivity contribution in [3.8, 4) is 0 Å². The summed E-state index contributed by atoms with van der Waals surface area (Å²) in [7, 11) is -3.14. The molecule has 4 nitrogen and oxygen atoms in total. The van der Waals surface area contributed by atoms with Crippen molar-refractivity contribution in [3.63, 3.8) is 0 Å². The largest absolute Gasteiger partial charge is 0.454 e. The molecule has 8 aromatic rings. The van der Waals surface area contributed by atoms with Gasteiger partial charge in [-0.05, 0) is 30.3 Å². The third kappa shape index (κ3) is 2.87. The van der Waals surface area contributed by atoms with Gasteiger partial charge >= 0.3 is 0 Å². The predicted molar refractivity (Wildman–Crippen MR) is 157 cm³/mol. The fraction of sp³-hybridized carbons (Fsp3) is 0. The van der Waals surface area contributed by atoms with Crippen LogP contribution in [0.3, 0.4) is 0 Å². The molecule has 0 aliphatic rings. The number of nitrogens with zero attached hydrogens (tertiary/aromatic N) is 2. The molecule has 0 aliphatic heterocycles. The van der Waals surface area contributed by atoms with Gasteiger partial charge in [0.25, 0.3) is 0 Å². The van der Waals surface area contributed by atoms with Gasteiger partial charge in [-0.25, -0.2) is 4.98 Å². The molecule has 3 aromatic heterocycles. The standard InChI is InChI=1S/C33H21N2O2P/c36-38(22-11-3-1-4-12-22,23-13-5-2-6-14-23)24-19-20-30-27(21-24)31-32(37-30)25-15-7-8-16-26(25)33-34-28-17-9-10-18-29(28)35(31)33/h1-21H. The van der Waals surface area contributed by atoms with Crippen molar-refractivity contribution in [2.45, 2.75) is 0 Å². The molecule has 0 unspecified atom stereocenters. The quantitative estimate of drug-likeness (QED) is 0.238. The molecular weight excluding hydrogens is 487 g/mol. The summed E-state index contributed by atoms with van der Waals surface area (Å²) < 4.78 is 23.8. The first-order valence-electron chi connectivity index (χ1n) is 12.6. The summed E-state index contributed by atoms with van der Waals surface area (Å²) in [4.78, 5) is 5.01. The molecule has 0 atom stereocenters. The number of furan rings is 1. The van der Waals surface area contributed by atoms with E-state index in [0.29, 0.717) is 0 Å². The van der Waals surface area contributed by atoms with E-state index in [0.717, 1.165) is 65.4 Å². The predicted octanol–water partition coefficient (Wildman–Crippen LogP) is 7.18. The van der Waals surface area contributed by atoms with Gasteiger partial charge in [-0.1, -0.05) is 97.1 Å². The topological polar surface area (TPSA) is 47.5 Å². The van der Waals surface area contributed by atoms with Crippen molar-refractivity contribution in [1.82, 2.24) is 9.38 Å². The number of rotatable bonds is 3. The van der Waals surface area contributed by atoms with E-state index in [-0.39, 0.29) is 0 Å². The Morgan fingerprint density at radius 1 is 0.605 bits per heavy atom. The van der Waals surface area contributed by atoms with Crippen LogP contribution in [0.15, 0.2) is 132 Å². The first-order chi connectivity index (χ1) is 18.7. The summed E-state index contributed by atoms with van der Waals surface area (Å²) in [5, 5.41) is 5.36. The van der Waals surface area contributed by atoms with Gasteiger partial charge in [0.15, 0.2) is 12.7 Å². The zero-order valence-electron chi connectivity index (χ0n) is 20.3. The van der Waals surface area contributed by atoms with E-state index in [1.807, 2.05) is 103 Å². The molecule has 5 heteroatoms. The summed E-state index contributed by atoms with van der Waals surface area (Å²) in [5.41, 5.74) is 5.33. The average Bonchev–Trinajstić information content (AvgIpc) is 3.56. The van der Waals surface area contributed by atoms with Crippen molar-refractivity contribution in [3.05, 3.63) is 127 Å². The lowest BCUT2D eigenvalue weighted by Crippen LogP contribution is -2.24. The van der Waals surface area contributed by atoms with Gasteiger partial charge in [-0.3, -0.25) is 4.40 Å². The van der Waals surface area contributed by atoms with Crippen LogP contribution >= 0.6 is 7.14 Å². The SMILES string of the molecule is O=P(c1ccccc1)(c1ccccc1)c1ccc2oc3c4ccccc4c4nc5ccccc5n4c3c2c1. The highest BCUT2D eigenvalue weighted by Crippen LogP contribution is 2.44. The number of imidazole rings is 1. The molecule has 38 heavy (non-hydrogen) atoms. The Kier molecular flexibility index (Phi) is 4.46. The first-order valence-corrected chi connectivity index (χ1v) is 14.3. The fourth-order valence-corrected chi connectivity index (χ4v) is 8.38. The normalized spacial score (nSPS) is 12.3. The second-order valence-corrected chi connectivity index (χ2v) is 12.3. The minimum atomic E-state index is -3.14. The van der Waals surface area contributed by atoms with Crippen molar-refractivity contribution in [1.29, 1.82) is 0 Å². The first kappa shape index (κ1) is 21.4. The maximum absolute atomic E-state index is 15.1. The Bertz CT molecular complexity index is 2170. The molecule has 0 N–H and O–H groups in total. The summed E-state index contributed by atoms with van der Waals surface area (Å²) >= 11 is 0. The van der Waals surface area contributed by atoms with Gasteiger partial charge in [-0.2, -0.15) is 0 Å². The van der Waals surface area contributed by atoms with Gasteiger partial charge in [0.1, 0.15) is 16.7 Å². The smallest absolute Gasteiger partial charge is 0.171 e. The van der Waals surface area contributed by atoms with Crippen molar-refractivity contribution < 1.29 is 8.98 Å². The molecule has 5 aromatic carbocycles. The molecule has 0 bridgehead atoms. The van der Waals surface area contributed by atoms with Gasteiger partial charge in [0.05, 0.1) is 11.0 Å². The fourth-order valence-electron chi connectivity index (χ4n) is 5.71. The van der Waals surface area contributed by atoms with Crippen LogP contribution in [0.25, 0.3) is 49.5 Å². The molecule has 0 saturated carbocycles. The van der Waals surface area contributed by atoms with Gasteiger partial charge in [0.2, 0.25) is 0 Å². The molecule has 0 spiro atoms. The Labute approximate surface area is 218 Å². The number of aromatic nitrogens is 2. The van der Waals surface area contributed by atoms with Gasteiger partial charge in [0, 0.05) is 32.1 Å². The van der Waals surface area contributed by atoms with Crippen LogP contribution in [-0.4, -0.2) is 9.38 Å². The number of fused-ring (bicyclic) bond motifs is 10. The molecule has 0 amide bonds. The zero-order chi connectivity index (χ0) is 25.3. The Morgan fingerprint density at radius 3 is 1.97 bits per heavy atom. The number of hydrogen-bond donors (Lipinski definition) is 0. The van der Waals surface area contributed by atoms with Crippen molar-refractivity contribution in [2.75, 3.05) is 0 Å². The lowest BCUT2D eigenvalue weighted by molar-refractivity contribution is 0.592. The van der Waals surface area contributed by atoms with Crippen molar-refractivity contribution >= 4 is 72.6 Å². The highest BCUT2D eigenvalue weighted by atomic mass is 31.2. The van der Waals surface area contributed by atoms with Gasteiger partial charge < -0.3 is 8.98 Å². The van der Waals surface area contributed by atoms with E-state index >= 15 is 4.57 Å². The Balaban J connectivity index is 1.54. The number of pyridine rings is 1. The third-order valence-electron chi connectivity index (χ3n) is 7.45.